The summed E-state index contributed by atoms with van der Waals surface area (Å²) < 4.78 is 6.29. The molecule has 0 saturated carbocycles. The number of likely N-dealkylation sites (tertiary alicyclic amines) is 1. The fourth-order valence-corrected chi connectivity index (χ4v) is 7.19. The zero-order valence-electron chi connectivity index (χ0n) is 29.9. The molecule has 0 amide bonds. The van der Waals surface area contributed by atoms with E-state index in [4.69, 9.17) is 14.4 Å². The number of aromatic nitrogens is 3. The maximum absolute atomic E-state index is 11.8. The number of nitriles is 1. The van der Waals surface area contributed by atoms with Gasteiger partial charge in [-0.1, -0.05) is 31.2 Å². The van der Waals surface area contributed by atoms with Gasteiger partial charge in [0.15, 0.2) is 11.4 Å². The highest BCUT2D eigenvalue weighted by molar-refractivity contribution is 5.91. The molecule has 2 atom stereocenters. The highest BCUT2D eigenvalue weighted by Crippen LogP contribution is 2.38. The van der Waals surface area contributed by atoms with Crippen molar-refractivity contribution in [1.82, 2.24) is 19.9 Å². The molecule has 0 bridgehead atoms. The number of oxazole rings is 1. The van der Waals surface area contributed by atoms with E-state index in [1.807, 2.05) is 55.6 Å². The van der Waals surface area contributed by atoms with Crippen molar-refractivity contribution in [1.29, 1.82) is 5.26 Å². The number of carboxylic acids is 1. The zero-order valence-corrected chi connectivity index (χ0v) is 29.9. The van der Waals surface area contributed by atoms with Crippen LogP contribution in [0.5, 0.6) is 0 Å². The Labute approximate surface area is 302 Å². The van der Waals surface area contributed by atoms with Crippen molar-refractivity contribution in [2.75, 3.05) is 25.0 Å². The van der Waals surface area contributed by atoms with E-state index in [1.54, 1.807) is 13.1 Å². The molecule has 3 aromatic carbocycles. The third-order valence-corrected chi connectivity index (χ3v) is 10.5. The molecule has 10 nitrogen and oxygen atoms in total. The molecule has 10 heteroatoms. The lowest BCUT2D eigenvalue weighted by Gasteiger charge is -2.20. The van der Waals surface area contributed by atoms with Gasteiger partial charge in [0.25, 0.3) is 0 Å². The first-order chi connectivity index (χ1) is 25.1. The first-order valence-corrected chi connectivity index (χ1v) is 17.7. The number of anilines is 2. The number of hydrogen-bond acceptors (Lipinski definition) is 9. The van der Waals surface area contributed by atoms with Gasteiger partial charge in [-0.15, -0.1) is 0 Å². The van der Waals surface area contributed by atoms with E-state index >= 15 is 0 Å². The molecule has 1 saturated heterocycles. The van der Waals surface area contributed by atoms with E-state index in [0.717, 1.165) is 68.4 Å². The van der Waals surface area contributed by atoms with E-state index in [1.165, 1.54) is 0 Å². The van der Waals surface area contributed by atoms with Crippen LogP contribution in [0.4, 0.5) is 11.5 Å². The van der Waals surface area contributed by atoms with Gasteiger partial charge in [0.05, 0.1) is 11.0 Å². The Balaban J connectivity index is 1.17. The smallest absolute Gasteiger partial charge is 0.310 e. The molecule has 1 fully saturated rings. The van der Waals surface area contributed by atoms with Crippen LogP contribution in [-0.2, 0) is 17.8 Å². The fourth-order valence-electron chi connectivity index (χ4n) is 7.19. The number of nitrogens with zero attached hydrogens (tertiary/aromatic N) is 5. The molecule has 4 heterocycles. The number of pyridine rings is 2. The maximum Gasteiger partial charge on any atom is 0.310 e. The fraction of sp³-hybridized carbons (Fsp3) is 0.310. The molecule has 7 rings (SSSR count). The minimum atomic E-state index is -0.783. The summed E-state index contributed by atoms with van der Waals surface area (Å²) in [7, 11) is 0. The minimum Gasteiger partial charge on any atom is -0.481 e. The number of nitrogens with one attached hydrogen (secondary N) is 1. The van der Waals surface area contributed by atoms with Gasteiger partial charge in [0, 0.05) is 48.7 Å². The van der Waals surface area contributed by atoms with Crippen LogP contribution in [0.25, 0.3) is 44.6 Å². The zero-order chi connectivity index (χ0) is 36.6. The number of aliphatic hydroxyl groups excluding tert-OH is 1. The van der Waals surface area contributed by atoms with Crippen LogP contribution in [0.1, 0.15) is 54.5 Å². The number of aryl methyl sites for hydroxylation is 1. The Morgan fingerprint density at radius 3 is 2.58 bits per heavy atom. The number of aliphatic hydroxyl groups is 1. The number of benzene rings is 3. The lowest BCUT2D eigenvalue weighted by Crippen LogP contribution is -2.31. The molecular weight excluding hydrogens is 653 g/mol. The summed E-state index contributed by atoms with van der Waals surface area (Å²) in [6.07, 6.45) is 6.03. The van der Waals surface area contributed by atoms with Crippen molar-refractivity contribution >= 4 is 39.5 Å². The number of rotatable bonds is 11. The van der Waals surface area contributed by atoms with Crippen LogP contribution in [0.3, 0.4) is 0 Å². The topological polar surface area (TPSA) is 148 Å². The van der Waals surface area contributed by atoms with Crippen LogP contribution >= 0.6 is 0 Å². The van der Waals surface area contributed by atoms with Crippen molar-refractivity contribution in [2.45, 2.75) is 53.5 Å². The molecule has 6 aromatic rings. The number of aliphatic carboxylic acids is 1. The van der Waals surface area contributed by atoms with Gasteiger partial charge < -0.3 is 19.9 Å². The van der Waals surface area contributed by atoms with E-state index in [0.29, 0.717) is 54.4 Å². The molecule has 0 aliphatic carbocycles. The quantitative estimate of drug-likeness (QED) is 0.121. The molecule has 0 spiro atoms. The van der Waals surface area contributed by atoms with Gasteiger partial charge in [-0.25, -0.2) is 9.97 Å². The van der Waals surface area contributed by atoms with Crippen molar-refractivity contribution in [3.05, 3.63) is 101 Å². The Hall–Kier alpha value is -5.63. The number of hydrogen-bond donors (Lipinski definition) is 3. The van der Waals surface area contributed by atoms with E-state index in [-0.39, 0.29) is 12.5 Å². The van der Waals surface area contributed by atoms with Gasteiger partial charge >= 0.3 is 5.97 Å². The molecule has 3 aromatic heterocycles. The molecule has 3 N–H and O–H groups in total. The molecule has 52 heavy (non-hydrogen) atoms. The van der Waals surface area contributed by atoms with E-state index < -0.39 is 11.4 Å². The SMILES string of the molecule is Cc1c(Nc2nccc3cc(CC[C@H](C)CO)cnc23)cccc1-c1cccc(-c2nc3cc(CN4CC[C@@](C)(C(=O)O)C4)cc(C#N)c3o2)c1C. The standard InChI is InChI=1S/C42H42N6O4/c1-25(23-49)11-12-28-17-30-13-15-44-39(37(30)45-21-28)46-35-10-6-8-33(27(35)3)32-7-5-9-34(26(32)2)40-47-36-19-29(18-31(20-43)38(36)52-40)22-48-16-14-42(4,24-48)41(50)51/h5-10,13,15,17-19,21,25,49H,11-12,14,16,22-24H2,1-4H3,(H,44,46)(H,50,51)/t25-,42+/m0/s1. The van der Waals surface area contributed by atoms with Crippen molar-refractivity contribution in [2.24, 2.45) is 11.3 Å². The predicted octanol–water partition coefficient (Wildman–Crippen LogP) is 8.19. The van der Waals surface area contributed by atoms with Crippen LogP contribution in [0.15, 0.2) is 77.5 Å². The second kappa shape index (κ2) is 14.2. The Kier molecular flexibility index (Phi) is 9.49. The average Bonchev–Trinajstić information content (AvgIpc) is 3.75. The van der Waals surface area contributed by atoms with Crippen molar-refractivity contribution < 1.29 is 19.4 Å². The van der Waals surface area contributed by atoms with Gasteiger partial charge in [-0.05, 0) is 122 Å². The second-order valence-corrected chi connectivity index (χ2v) is 14.4. The highest BCUT2D eigenvalue weighted by atomic mass is 16.4. The average molecular weight is 695 g/mol. The van der Waals surface area contributed by atoms with E-state index in [2.05, 4.69) is 53.3 Å². The monoisotopic (exact) mass is 694 g/mol. The second-order valence-electron chi connectivity index (χ2n) is 14.4. The molecular formula is C42H42N6O4. The van der Waals surface area contributed by atoms with Crippen LogP contribution in [-0.4, -0.2) is 55.7 Å². The maximum atomic E-state index is 11.8. The summed E-state index contributed by atoms with van der Waals surface area (Å²) in [6, 6.07) is 22.4. The molecule has 1 aliphatic rings. The lowest BCUT2D eigenvalue weighted by atomic mass is 9.90. The Morgan fingerprint density at radius 1 is 1.06 bits per heavy atom. The number of carbonyl (C=O) groups is 1. The lowest BCUT2D eigenvalue weighted by molar-refractivity contribution is -0.147. The van der Waals surface area contributed by atoms with Crippen LogP contribution < -0.4 is 5.32 Å². The van der Waals surface area contributed by atoms with E-state index in [9.17, 15) is 20.3 Å². The molecule has 1 aliphatic heterocycles. The summed E-state index contributed by atoms with van der Waals surface area (Å²) in [5, 5.41) is 33.7. The van der Waals surface area contributed by atoms with Gasteiger partial charge in [0.2, 0.25) is 5.89 Å². The molecule has 0 unspecified atom stereocenters. The highest BCUT2D eigenvalue weighted by Gasteiger charge is 2.40. The predicted molar refractivity (Wildman–Crippen MR) is 202 cm³/mol. The summed E-state index contributed by atoms with van der Waals surface area (Å²) >= 11 is 0. The number of fused-ring (bicyclic) bond motifs is 2. The normalized spacial score (nSPS) is 16.7. The number of carboxylic acid groups (broad SMARTS) is 1. The van der Waals surface area contributed by atoms with Crippen molar-refractivity contribution in [3.8, 4) is 28.7 Å². The molecule has 0 radical (unpaired) electrons. The third-order valence-electron chi connectivity index (χ3n) is 10.5. The first-order valence-electron chi connectivity index (χ1n) is 17.7. The summed E-state index contributed by atoms with van der Waals surface area (Å²) in [6.45, 7) is 9.81. The molecule has 264 valence electrons. The summed E-state index contributed by atoms with van der Waals surface area (Å²) in [5.74, 6) is 0.579. The Morgan fingerprint density at radius 2 is 1.83 bits per heavy atom. The first kappa shape index (κ1) is 34.8. The third kappa shape index (κ3) is 6.73. The largest absolute Gasteiger partial charge is 0.481 e. The van der Waals surface area contributed by atoms with Gasteiger partial charge in [-0.2, -0.15) is 5.26 Å². The summed E-state index contributed by atoms with van der Waals surface area (Å²) in [4.78, 5) is 28.2. The Bertz CT molecular complexity index is 2360. The summed E-state index contributed by atoms with van der Waals surface area (Å²) in [5.41, 5.74) is 9.35. The van der Waals surface area contributed by atoms with Crippen LogP contribution in [0.2, 0.25) is 0 Å². The van der Waals surface area contributed by atoms with Crippen molar-refractivity contribution in [3.63, 3.8) is 0 Å². The minimum absolute atomic E-state index is 0.181. The van der Waals surface area contributed by atoms with Gasteiger partial charge in [0.1, 0.15) is 17.1 Å². The van der Waals surface area contributed by atoms with Crippen LogP contribution in [0, 0.1) is 36.5 Å². The van der Waals surface area contributed by atoms with Gasteiger partial charge in [-0.3, -0.25) is 14.7 Å².